The Hall–Kier alpha value is -1.98. The van der Waals surface area contributed by atoms with Gasteiger partial charge in [0.1, 0.15) is 6.04 Å². The van der Waals surface area contributed by atoms with Crippen LogP contribution in [0, 0.1) is 6.92 Å². The van der Waals surface area contributed by atoms with Gasteiger partial charge >= 0.3 is 0 Å². The lowest BCUT2D eigenvalue weighted by Crippen LogP contribution is -2.49. The van der Waals surface area contributed by atoms with Crippen LogP contribution in [0.5, 0.6) is 0 Å². The number of halogens is 1. The Bertz CT molecular complexity index is 824. The summed E-state index contributed by atoms with van der Waals surface area (Å²) >= 11 is 7.67. The van der Waals surface area contributed by atoms with Gasteiger partial charge in [0.05, 0.1) is 0 Å². The second kappa shape index (κ2) is 13.4. The first-order valence-electron chi connectivity index (χ1n) is 11.0. The molecule has 0 saturated heterocycles. The normalized spacial score (nSPS) is 11.7. The van der Waals surface area contributed by atoms with Crippen LogP contribution in [0.15, 0.2) is 53.4 Å². The summed E-state index contributed by atoms with van der Waals surface area (Å²) in [7, 11) is 0. The van der Waals surface area contributed by atoms with Crippen molar-refractivity contribution < 1.29 is 9.59 Å². The highest BCUT2D eigenvalue weighted by atomic mass is 35.5. The SMILES string of the molecule is CCCCNC(=O)[C@H](CC)N(Cc1ccc(Cl)cc1)C(=O)CCSc1ccc(C)cc1. The highest BCUT2D eigenvalue weighted by Gasteiger charge is 2.28. The molecule has 168 valence electrons. The van der Waals surface area contributed by atoms with Crippen molar-refractivity contribution in [3.8, 4) is 0 Å². The van der Waals surface area contributed by atoms with Crippen molar-refractivity contribution >= 4 is 35.2 Å². The van der Waals surface area contributed by atoms with E-state index in [9.17, 15) is 9.59 Å². The van der Waals surface area contributed by atoms with Crippen LogP contribution in [-0.4, -0.2) is 35.1 Å². The Labute approximate surface area is 195 Å². The van der Waals surface area contributed by atoms with E-state index in [1.54, 1.807) is 16.7 Å². The van der Waals surface area contributed by atoms with Crippen LogP contribution in [-0.2, 0) is 16.1 Å². The summed E-state index contributed by atoms with van der Waals surface area (Å²) in [4.78, 5) is 28.9. The van der Waals surface area contributed by atoms with Gasteiger partial charge in [0, 0.05) is 35.2 Å². The molecule has 0 heterocycles. The fraction of sp³-hybridized carbons (Fsp3) is 0.440. The lowest BCUT2D eigenvalue weighted by molar-refractivity contribution is -0.141. The van der Waals surface area contributed by atoms with Crippen LogP contribution in [0.2, 0.25) is 5.02 Å². The molecule has 0 aromatic heterocycles. The van der Waals surface area contributed by atoms with Gasteiger partial charge < -0.3 is 10.2 Å². The quantitative estimate of drug-likeness (QED) is 0.319. The molecule has 6 heteroatoms. The molecule has 2 amide bonds. The van der Waals surface area contributed by atoms with Gasteiger partial charge in [-0.25, -0.2) is 0 Å². The molecule has 4 nitrogen and oxygen atoms in total. The number of hydrogen-bond acceptors (Lipinski definition) is 3. The smallest absolute Gasteiger partial charge is 0.242 e. The van der Waals surface area contributed by atoms with E-state index in [1.807, 2.05) is 31.2 Å². The molecule has 2 rings (SSSR count). The van der Waals surface area contributed by atoms with E-state index in [0.29, 0.717) is 36.7 Å². The number of unbranched alkanes of at least 4 members (excludes halogenated alkanes) is 1. The van der Waals surface area contributed by atoms with Crippen LogP contribution in [0.25, 0.3) is 0 Å². The maximum atomic E-state index is 13.2. The molecule has 0 saturated carbocycles. The van der Waals surface area contributed by atoms with Crippen molar-refractivity contribution in [3.63, 3.8) is 0 Å². The maximum Gasteiger partial charge on any atom is 0.242 e. The van der Waals surface area contributed by atoms with Crippen LogP contribution < -0.4 is 5.32 Å². The predicted octanol–water partition coefficient (Wildman–Crippen LogP) is 5.85. The first kappa shape index (κ1) is 25.3. The minimum Gasteiger partial charge on any atom is -0.354 e. The van der Waals surface area contributed by atoms with Crippen LogP contribution >= 0.6 is 23.4 Å². The zero-order chi connectivity index (χ0) is 22.6. The summed E-state index contributed by atoms with van der Waals surface area (Å²) < 4.78 is 0. The van der Waals surface area contributed by atoms with E-state index in [4.69, 9.17) is 11.6 Å². The van der Waals surface area contributed by atoms with Gasteiger partial charge in [0.2, 0.25) is 11.8 Å². The Balaban J connectivity index is 2.08. The number of aryl methyl sites for hydroxylation is 1. The average Bonchev–Trinajstić information content (AvgIpc) is 2.76. The molecule has 2 aromatic carbocycles. The average molecular weight is 461 g/mol. The highest BCUT2D eigenvalue weighted by Crippen LogP contribution is 2.21. The Morgan fingerprint density at radius 3 is 2.35 bits per heavy atom. The topological polar surface area (TPSA) is 49.4 Å². The van der Waals surface area contributed by atoms with Gasteiger partial charge in [-0.15, -0.1) is 11.8 Å². The number of carbonyl (C=O) groups is 2. The summed E-state index contributed by atoms with van der Waals surface area (Å²) in [6.45, 7) is 7.13. The standard InChI is InChI=1S/C25H33ClN2O2S/c1-4-6-16-27-25(30)23(5-2)28(18-20-9-11-21(26)12-10-20)24(29)15-17-31-22-13-7-19(3)8-14-22/h7-14,23H,4-6,15-18H2,1-3H3,(H,27,30)/t23-/m0/s1. The number of rotatable bonds is 12. The van der Waals surface area contributed by atoms with E-state index in [2.05, 4.69) is 43.4 Å². The van der Waals surface area contributed by atoms with Gasteiger partial charge in [-0.2, -0.15) is 0 Å². The molecule has 0 spiro atoms. The summed E-state index contributed by atoms with van der Waals surface area (Å²) in [6, 6.07) is 15.3. The third-order valence-electron chi connectivity index (χ3n) is 5.09. The monoisotopic (exact) mass is 460 g/mol. The summed E-state index contributed by atoms with van der Waals surface area (Å²) in [5.41, 5.74) is 2.18. The molecule has 0 bridgehead atoms. The maximum absolute atomic E-state index is 13.2. The van der Waals surface area contributed by atoms with E-state index in [1.165, 1.54) is 5.56 Å². The Kier molecular flexibility index (Phi) is 11.0. The molecule has 0 aliphatic rings. The van der Waals surface area contributed by atoms with E-state index in [0.717, 1.165) is 23.3 Å². The number of benzene rings is 2. The van der Waals surface area contributed by atoms with Gasteiger partial charge in [-0.3, -0.25) is 9.59 Å². The molecule has 2 aromatic rings. The van der Waals surface area contributed by atoms with Crippen molar-refractivity contribution in [1.82, 2.24) is 10.2 Å². The van der Waals surface area contributed by atoms with Crippen LogP contribution in [0.1, 0.15) is 50.7 Å². The first-order chi connectivity index (χ1) is 14.9. The number of nitrogens with one attached hydrogen (secondary N) is 1. The molecular formula is C25H33ClN2O2S. The number of hydrogen-bond donors (Lipinski definition) is 1. The fourth-order valence-electron chi connectivity index (χ4n) is 3.25. The summed E-state index contributed by atoms with van der Waals surface area (Å²) in [5, 5.41) is 3.65. The molecule has 0 unspecified atom stereocenters. The number of thioether (sulfide) groups is 1. The molecule has 1 N–H and O–H groups in total. The molecular weight excluding hydrogens is 428 g/mol. The lowest BCUT2D eigenvalue weighted by Gasteiger charge is -2.30. The zero-order valence-electron chi connectivity index (χ0n) is 18.7. The predicted molar refractivity (Wildman–Crippen MR) is 131 cm³/mol. The van der Waals surface area contributed by atoms with E-state index in [-0.39, 0.29) is 11.8 Å². The van der Waals surface area contributed by atoms with Gasteiger partial charge in [0.15, 0.2) is 0 Å². The number of nitrogens with zero attached hydrogens (tertiary/aromatic N) is 1. The summed E-state index contributed by atoms with van der Waals surface area (Å²) in [6.07, 6.45) is 2.90. The van der Waals surface area contributed by atoms with E-state index >= 15 is 0 Å². The second-order valence-electron chi connectivity index (χ2n) is 7.63. The Morgan fingerprint density at radius 1 is 1.06 bits per heavy atom. The largest absolute Gasteiger partial charge is 0.354 e. The molecule has 31 heavy (non-hydrogen) atoms. The number of carbonyl (C=O) groups excluding carboxylic acids is 2. The molecule has 1 atom stereocenters. The molecule has 0 fully saturated rings. The van der Waals surface area contributed by atoms with Crippen molar-refractivity contribution in [3.05, 3.63) is 64.7 Å². The van der Waals surface area contributed by atoms with E-state index < -0.39 is 6.04 Å². The van der Waals surface area contributed by atoms with Crippen LogP contribution in [0.3, 0.4) is 0 Å². The third-order valence-corrected chi connectivity index (χ3v) is 6.35. The van der Waals surface area contributed by atoms with Gasteiger partial charge in [-0.05, 0) is 49.6 Å². The van der Waals surface area contributed by atoms with Crippen LogP contribution in [0.4, 0.5) is 0 Å². The second-order valence-corrected chi connectivity index (χ2v) is 9.23. The summed E-state index contributed by atoms with van der Waals surface area (Å²) in [5.74, 6) is 0.587. The minimum atomic E-state index is -0.482. The molecule has 0 aliphatic heterocycles. The van der Waals surface area contributed by atoms with Crippen molar-refractivity contribution in [2.45, 2.75) is 63.9 Å². The third kappa shape index (κ3) is 8.58. The van der Waals surface area contributed by atoms with Crippen molar-refractivity contribution in [2.24, 2.45) is 0 Å². The highest BCUT2D eigenvalue weighted by molar-refractivity contribution is 7.99. The van der Waals surface area contributed by atoms with Crippen molar-refractivity contribution in [1.29, 1.82) is 0 Å². The van der Waals surface area contributed by atoms with Crippen molar-refractivity contribution in [2.75, 3.05) is 12.3 Å². The number of amides is 2. The fourth-order valence-corrected chi connectivity index (χ4v) is 4.21. The minimum absolute atomic E-state index is 0.00736. The van der Waals surface area contributed by atoms with Gasteiger partial charge in [-0.1, -0.05) is 61.7 Å². The lowest BCUT2D eigenvalue weighted by atomic mass is 10.1. The zero-order valence-corrected chi connectivity index (χ0v) is 20.3. The Morgan fingerprint density at radius 2 is 1.74 bits per heavy atom. The molecule has 0 aliphatic carbocycles. The molecule has 0 radical (unpaired) electrons. The van der Waals surface area contributed by atoms with Gasteiger partial charge in [0.25, 0.3) is 0 Å². The first-order valence-corrected chi connectivity index (χ1v) is 12.3.